The van der Waals surface area contributed by atoms with E-state index >= 15 is 0 Å². The van der Waals surface area contributed by atoms with Crippen molar-refractivity contribution in [2.75, 3.05) is 32.0 Å². The standard InChI is InChI=1S/C20H30N2O5S/c1-2-21(14-19-11-7-13-26-19)28(24,25)16-18-10-6-12-22(18)20(23)27-15-17-8-4-3-5-9-17/h3-5,8-9,18-19H,2,6-7,10-16H2,1H3/t18-,19+/m1/s1. The van der Waals surface area contributed by atoms with Crippen molar-refractivity contribution in [3.63, 3.8) is 0 Å². The molecule has 0 aliphatic carbocycles. The van der Waals surface area contributed by atoms with Crippen LogP contribution in [-0.4, -0.2) is 67.9 Å². The first-order valence-electron chi connectivity index (χ1n) is 10.1. The number of likely N-dealkylation sites (tertiary alicyclic amines) is 1. The first kappa shape index (κ1) is 21.1. The van der Waals surface area contributed by atoms with Gasteiger partial charge in [0.25, 0.3) is 0 Å². The second-order valence-corrected chi connectivity index (χ2v) is 9.41. The predicted molar refractivity (Wildman–Crippen MR) is 106 cm³/mol. The summed E-state index contributed by atoms with van der Waals surface area (Å²) in [7, 11) is -3.47. The Labute approximate surface area is 167 Å². The third kappa shape index (κ3) is 5.46. The summed E-state index contributed by atoms with van der Waals surface area (Å²) in [6, 6.07) is 9.13. The van der Waals surface area contributed by atoms with Gasteiger partial charge in [-0.15, -0.1) is 0 Å². The van der Waals surface area contributed by atoms with E-state index in [2.05, 4.69) is 0 Å². The lowest BCUT2D eigenvalue weighted by atomic mass is 10.2. The molecule has 3 rings (SSSR count). The number of amides is 1. The molecule has 1 aromatic carbocycles. The molecule has 0 N–H and O–H groups in total. The van der Waals surface area contributed by atoms with Crippen LogP contribution in [0.4, 0.5) is 4.79 Å². The highest BCUT2D eigenvalue weighted by atomic mass is 32.2. The summed E-state index contributed by atoms with van der Waals surface area (Å²) in [5, 5.41) is 0. The number of nitrogens with zero attached hydrogens (tertiary/aromatic N) is 2. The molecule has 28 heavy (non-hydrogen) atoms. The molecule has 8 heteroatoms. The topological polar surface area (TPSA) is 76.2 Å². The second-order valence-electron chi connectivity index (χ2n) is 7.39. The summed E-state index contributed by atoms with van der Waals surface area (Å²) in [5.41, 5.74) is 0.910. The highest BCUT2D eigenvalue weighted by Crippen LogP contribution is 2.23. The SMILES string of the molecule is CCN(C[C@@H]1CCCO1)S(=O)(=O)C[C@H]1CCCN1C(=O)OCc1ccccc1. The molecular weight excluding hydrogens is 380 g/mol. The van der Waals surface area contributed by atoms with Crippen LogP contribution in [0.15, 0.2) is 30.3 Å². The summed E-state index contributed by atoms with van der Waals surface area (Å²) in [5.74, 6) is -0.0615. The van der Waals surface area contributed by atoms with Gasteiger partial charge in [-0.05, 0) is 31.2 Å². The molecule has 0 radical (unpaired) electrons. The molecule has 1 amide bonds. The largest absolute Gasteiger partial charge is 0.445 e. The van der Waals surface area contributed by atoms with Crippen LogP contribution in [0.1, 0.15) is 38.2 Å². The van der Waals surface area contributed by atoms with Crippen LogP contribution >= 0.6 is 0 Å². The molecule has 2 fully saturated rings. The normalized spacial score (nSPS) is 22.7. The molecule has 2 atom stereocenters. The summed E-state index contributed by atoms with van der Waals surface area (Å²) >= 11 is 0. The third-order valence-corrected chi connectivity index (χ3v) is 7.40. The van der Waals surface area contributed by atoms with Crippen molar-refractivity contribution in [1.82, 2.24) is 9.21 Å². The minimum atomic E-state index is -3.47. The Balaban J connectivity index is 1.57. The Kier molecular flexibility index (Phi) is 7.31. The van der Waals surface area contributed by atoms with Crippen molar-refractivity contribution < 1.29 is 22.7 Å². The van der Waals surface area contributed by atoms with E-state index in [0.29, 0.717) is 32.7 Å². The van der Waals surface area contributed by atoms with Crippen LogP contribution in [0.25, 0.3) is 0 Å². The van der Waals surface area contributed by atoms with E-state index < -0.39 is 16.1 Å². The van der Waals surface area contributed by atoms with E-state index in [1.165, 1.54) is 4.31 Å². The predicted octanol–water partition coefficient (Wildman–Crippen LogP) is 2.62. The summed E-state index contributed by atoms with van der Waals surface area (Å²) in [6.07, 6.45) is 2.88. The van der Waals surface area contributed by atoms with Crippen molar-refractivity contribution in [2.24, 2.45) is 0 Å². The number of carbonyl (C=O) groups excluding carboxylic acids is 1. The minimum absolute atomic E-state index is 0.0229. The van der Waals surface area contributed by atoms with E-state index in [-0.39, 0.29) is 24.5 Å². The maximum atomic E-state index is 12.9. The van der Waals surface area contributed by atoms with Gasteiger partial charge in [0.2, 0.25) is 10.0 Å². The van der Waals surface area contributed by atoms with Crippen LogP contribution in [-0.2, 0) is 26.1 Å². The summed E-state index contributed by atoms with van der Waals surface area (Å²) < 4.78 is 38.4. The van der Waals surface area contributed by atoms with Crippen molar-refractivity contribution in [3.8, 4) is 0 Å². The first-order chi connectivity index (χ1) is 13.5. The molecule has 2 aliphatic heterocycles. The number of sulfonamides is 1. The molecule has 156 valence electrons. The zero-order valence-corrected chi connectivity index (χ0v) is 17.3. The molecule has 0 bridgehead atoms. The number of hydrogen-bond donors (Lipinski definition) is 0. The monoisotopic (exact) mass is 410 g/mol. The minimum Gasteiger partial charge on any atom is -0.445 e. The van der Waals surface area contributed by atoms with Gasteiger partial charge >= 0.3 is 6.09 Å². The van der Waals surface area contributed by atoms with Gasteiger partial charge in [0.1, 0.15) is 6.61 Å². The van der Waals surface area contributed by atoms with Gasteiger partial charge in [0, 0.05) is 26.2 Å². The van der Waals surface area contributed by atoms with E-state index in [0.717, 1.165) is 24.8 Å². The van der Waals surface area contributed by atoms with E-state index in [1.54, 1.807) is 4.90 Å². The number of benzene rings is 1. The van der Waals surface area contributed by atoms with Gasteiger partial charge in [0.15, 0.2) is 0 Å². The average molecular weight is 411 g/mol. The Morgan fingerprint density at radius 1 is 1.25 bits per heavy atom. The summed E-state index contributed by atoms with van der Waals surface area (Å²) in [6.45, 7) is 4.07. The number of likely N-dealkylation sites (N-methyl/N-ethyl adjacent to an activating group) is 1. The van der Waals surface area contributed by atoms with Gasteiger partial charge in [-0.2, -0.15) is 4.31 Å². The lowest BCUT2D eigenvalue weighted by molar-refractivity contribution is 0.0918. The van der Waals surface area contributed by atoms with Crippen LogP contribution in [0.5, 0.6) is 0 Å². The maximum Gasteiger partial charge on any atom is 0.410 e. The number of hydrogen-bond acceptors (Lipinski definition) is 5. The third-order valence-electron chi connectivity index (χ3n) is 5.40. The molecule has 1 aromatic rings. The molecule has 7 nitrogen and oxygen atoms in total. The fourth-order valence-electron chi connectivity index (χ4n) is 3.85. The Hall–Kier alpha value is -1.64. The Bertz CT molecular complexity index is 734. The summed E-state index contributed by atoms with van der Waals surface area (Å²) in [4.78, 5) is 14.1. The number of rotatable bonds is 8. The zero-order valence-electron chi connectivity index (χ0n) is 16.5. The van der Waals surface area contributed by atoms with Gasteiger partial charge < -0.3 is 14.4 Å². The average Bonchev–Trinajstić information content (AvgIpc) is 3.36. The molecule has 0 aromatic heterocycles. The molecule has 2 saturated heterocycles. The molecule has 0 unspecified atom stereocenters. The molecule has 0 saturated carbocycles. The fraction of sp³-hybridized carbons (Fsp3) is 0.650. The molecule has 0 spiro atoms. The quantitative estimate of drug-likeness (QED) is 0.658. The lowest BCUT2D eigenvalue weighted by Crippen LogP contribution is -2.45. The molecule has 2 aliphatic rings. The van der Waals surface area contributed by atoms with Gasteiger partial charge in [0.05, 0.1) is 17.9 Å². The van der Waals surface area contributed by atoms with E-state index in [4.69, 9.17) is 9.47 Å². The first-order valence-corrected chi connectivity index (χ1v) is 11.7. The van der Waals surface area contributed by atoms with E-state index in [1.807, 2.05) is 37.3 Å². The van der Waals surface area contributed by atoms with Crippen molar-refractivity contribution in [3.05, 3.63) is 35.9 Å². The zero-order chi connectivity index (χ0) is 20.0. The Morgan fingerprint density at radius 2 is 2.04 bits per heavy atom. The highest BCUT2D eigenvalue weighted by molar-refractivity contribution is 7.89. The second kappa shape index (κ2) is 9.71. The fourth-order valence-corrected chi connectivity index (χ4v) is 5.69. The number of carbonyl (C=O) groups is 1. The van der Waals surface area contributed by atoms with Crippen LogP contribution in [0.2, 0.25) is 0 Å². The van der Waals surface area contributed by atoms with Crippen LogP contribution in [0, 0.1) is 0 Å². The van der Waals surface area contributed by atoms with E-state index in [9.17, 15) is 13.2 Å². The Morgan fingerprint density at radius 3 is 2.71 bits per heavy atom. The lowest BCUT2D eigenvalue weighted by Gasteiger charge is -2.28. The molecule has 2 heterocycles. The highest BCUT2D eigenvalue weighted by Gasteiger charge is 2.36. The van der Waals surface area contributed by atoms with Crippen molar-refractivity contribution >= 4 is 16.1 Å². The maximum absolute atomic E-state index is 12.9. The van der Waals surface area contributed by atoms with Gasteiger partial charge in [-0.3, -0.25) is 0 Å². The molecular formula is C20H30N2O5S. The van der Waals surface area contributed by atoms with Gasteiger partial charge in [-0.25, -0.2) is 13.2 Å². The van der Waals surface area contributed by atoms with Crippen LogP contribution < -0.4 is 0 Å². The van der Waals surface area contributed by atoms with Crippen molar-refractivity contribution in [1.29, 1.82) is 0 Å². The smallest absolute Gasteiger partial charge is 0.410 e. The van der Waals surface area contributed by atoms with Crippen molar-refractivity contribution in [2.45, 2.75) is 51.4 Å². The van der Waals surface area contributed by atoms with Gasteiger partial charge in [-0.1, -0.05) is 37.3 Å². The van der Waals surface area contributed by atoms with Crippen LogP contribution in [0.3, 0.4) is 0 Å². The number of ether oxygens (including phenoxy) is 2.